The molecular formula is C27H27ClFN5O4S2. The summed E-state index contributed by atoms with van der Waals surface area (Å²) in [6.45, 7) is 0.240. The Labute approximate surface area is 237 Å². The predicted octanol–water partition coefficient (Wildman–Crippen LogP) is 3.83. The van der Waals surface area contributed by atoms with Crippen LogP contribution >= 0.6 is 11.6 Å². The van der Waals surface area contributed by atoms with Crippen LogP contribution in [0.15, 0.2) is 93.9 Å². The Balaban J connectivity index is 1.55. The highest BCUT2D eigenvalue weighted by Crippen LogP contribution is 2.31. The second kappa shape index (κ2) is 11.3. The highest BCUT2D eigenvalue weighted by molar-refractivity contribution is 7.90. The summed E-state index contributed by atoms with van der Waals surface area (Å²) in [4.78, 5) is 4.63. The van der Waals surface area contributed by atoms with E-state index in [1.165, 1.54) is 41.4 Å². The number of nitrogens with two attached hydrogens (primary N) is 1. The Morgan fingerprint density at radius 1 is 0.975 bits per heavy atom. The maximum atomic E-state index is 13.7. The van der Waals surface area contributed by atoms with Crippen LogP contribution in [0.4, 0.5) is 4.39 Å². The number of aliphatic imine (C=N–C) groups is 1. The minimum Gasteiger partial charge on any atom is -0.248 e. The van der Waals surface area contributed by atoms with Crippen LogP contribution in [0.25, 0.3) is 0 Å². The lowest BCUT2D eigenvalue weighted by Crippen LogP contribution is -2.42. The molecule has 13 heteroatoms. The van der Waals surface area contributed by atoms with E-state index in [-0.39, 0.29) is 35.6 Å². The molecule has 0 spiro atoms. The van der Waals surface area contributed by atoms with E-state index in [2.05, 4.69) is 9.71 Å². The number of hydrogen-bond acceptors (Lipinski definition) is 6. The Bertz CT molecular complexity index is 1650. The topological polar surface area (TPSA) is 134 Å². The van der Waals surface area contributed by atoms with Gasteiger partial charge < -0.3 is 0 Å². The van der Waals surface area contributed by atoms with Crippen molar-refractivity contribution in [2.24, 2.45) is 15.2 Å². The Morgan fingerprint density at radius 3 is 2.27 bits per heavy atom. The molecule has 3 N–H and O–H groups in total. The number of hydrogen-bond donors (Lipinski definition) is 2. The molecule has 40 heavy (non-hydrogen) atoms. The summed E-state index contributed by atoms with van der Waals surface area (Å²) in [6.07, 6.45) is 0.897. The van der Waals surface area contributed by atoms with Gasteiger partial charge in [-0.15, -0.1) is 0 Å². The van der Waals surface area contributed by atoms with Crippen molar-refractivity contribution in [2.45, 2.75) is 41.4 Å². The molecule has 0 unspecified atom stereocenters. The summed E-state index contributed by atoms with van der Waals surface area (Å²) in [5.74, 6) is -0.718. The van der Waals surface area contributed by atoms with Gasteiger partial charge in [0.2, 0.25) is 16.0 Å². The molecule has 1 aliphatic heterocycles. The maximum Gasteiger partial charge on any atom is 0.264 e. The SMILES string of the molecule is NS(=O)(=O)[C@H]1CC[C@@H](/N=C(\NS(=O)(=O)c2ccc(Cl)cc2)N2C[C@H](c3ccccc3)C(c3ccc(F)cc3)=N2)C1. The van der Waals surface area contributed by atoms with Crippen LogP contribution in [0.3, 0.4) is 0 Å². The van der Waals surface area contributed by atoms with Gasteiger partial charge in [-0.1, -0.05) is 54.1 Å². The van der Waals surface area contributed by atoms with E-state index in [0.29, 0.717) is 29.1 Å². The van der Waals surface area contributed by atoms with E-state index in [1.807, 2.05) is 30.3 Å². The van der Waals surface area contributed by atoms with Gasteiger partial charge in [0.1, 0.15) is 5.82 Å². The van der Waals surface area contributed by atoms with Crippen LogP contribution in [-0.2, 0) is 20.0 Å². The number of hydrazone groups is 1. The van der Waals surface area contributed by atoms with Crippen LogP contribution in [0.1, 0.15) is 36.3 Å². The molecule has 1 saturated carbocycles. The Kier molecular flexibility index (Phi) is 7.96. The third kappa shape index (κ3) is 6.35. The minimum atomic E-state index is -4.11. The van der Waals surface area contributed by atoms with Crippen LogP contribution in [-0.4, -0.2) is 51.4 Å². The molecule has 3 aromatic rings. The lowest BCUT2D eigenvalue weighted by Gasteiger charge is -2.21. The van der Waals surface area contributed by atoms with Crippen molar-refractivity contribution in [3.63, 3.8) is 0 Å². The van der Waals surface area contributed by atoms with Gasteiger partial charge in [-0.3, -0.25) is 0 Å². The van der Waals surface area contributed by atoms with Gasteiger partial charge in [-0.25, -0.2) is 41.1 Å². The monoisotopic (exact) mass is 603 g/mol. The van der Waals surface area contributed by atoms with Crippen molar-refractivity contribution in [3.8, 4) is 0 Å². The van der Waals surface area contributed by atoms with Crippen molar-refractivity contribution in [1.82, 2.24) is 9.73 Å². The molecule has 0 aromatic heterocycles. The van der Waals surface area contributed by atoms with Gasteiger partial charge in [0.15, 0.2) is 0 Å². The summed E-state index contributed by atoms with van der Waals surface area (Å²) in [5, 5.41) is 11.2. The predicted molar refractivity (Wildman–Crippen MR) is 153 cm³/mol. The quantitative estimate of drug-likeness (QED) is 0.326. The number of guanidine groups is 1. The number of nitrogens with one attached hydrogen (secondary N) is 1. The van der Waals surface area contributed by atoms with Crippen molar-refractivity contribution >= 4 is 43.3 Å². The molecule has 3 atom stereocenters. The second-order valence-corrected chi connectivity index (χ2v) is 13.7. The molecule has 1 aliphatic carbocycles. The molecule has 3 aromatic carbocycles. The minimum absolute atomic E-state index is 0.0278. The smallest absolute Gasteiger partial charge is 0.248 e. The van der Waals surface area contributed by atoms with Crippen molar-refractivity contribution < 1.29 is 21.2 Å². The van der Waals surface area contributed by atoms with Crippen molar-refractivity contribution in [2.75, 3.05) is 6.54 Å². The zero-order valence-electron chi connectivity index (χ0n) is 21.2. The third-order valence-corrected chi connectivity index (χ3v) is 9.93. The molecule has 0 saturated heterocycles. The normalized spacial score (nSPS) is 21.9. The van der Waals surface area contributed by atoms with Gasteiger partial charge in [-0.05, 0) is 66.8 Å². The molecule has 9 nitrogen and oxygen atoms in total. The Hall–Kier alpha value is -3.32. The number of halogens is 2. The van der Waals surface area contributed by atoms with E-state index in [0.717, 1.165) is 5.56 Å². The molecule has 0 bridgehead atoms. The van der Waals surface area contributed by atoms with Crippen molar-refractivity contribution in [1.29, 1.82) is 0 Å². The van der Waals surface area contributed by atoms with E-state index < -0.39 is 31.3 Å². The first-order chi connectivity index (χ1) is 19.0. The lowest BCUT2D eigenvalue weighted by molar-refractivity contribution is 0.456. The highest BCUT2D eigenvalue weighted by Gasteiger charge is 2.36. The number of rotatable bonds is 6. The lowest BCUT2D eigenvalue weighted by atomic mass is 9.91. The molecule has 1 fully saturated rings. The first-order valence-electron chi connectivity index (χ1n) is 12.5. The van der Waals surface area contributed by atoms with Crippen molar-refractivity contribution in [3.05, 3.63) is 101 Å². The molecule has 0 amide bonds. The van der Waals surface area contributed by atoms with Gasteiger partial charge >= 0.3 is 0 Å². The summed E-state index contributed by atoms with van der Waals surface area (Å²) in [6, 6.07) is 20.7. The average molecular weight is 604 g/mol. The number of nitrogens with zero attached hydrogens (tertiary/aromatic N) is 3. The number of benzene rings is 3. The fourth-order valence-corrected chi connectivity index (χ4v) is 7.00. The van der Waals surface area contributed by atoms with Gasteiger partial charge in [0.05, 0.1) is 28.4 Å². The standard InChI is InChI=1S/C27H27ClFN5O4S2/c28-20-8-13-23(14-9-20)40(37,38)33-27(31-22-12-15-24(16-22)39(30,35)36)34-17-25(18-4-2-1-3-5-18)26(32-34)19-6-10-21(29)11-7-19/h1-11,13-14,22,24-25H,12,15-17H2,(H,31,33)(H2,30,35,36)/t22-,24+,25-/m1/s1. The Morgan fingerprint density at radius 2 is 1.65 bits per heavy atom. The van der Waals surface area contributed by atoms with Crippen LogP contribution in [0, 0.1) is 5.82 Å². The summed E-state index contributed by atoms with van der Waals surface area (Å²) < 4.78 is 66.9. The summed E-state index contributed by atoms with van der Waals surface area (Å²) >= 11 is 5.95. The van der Waals surface area contributed by atoms with Gasteiger partial charge in [0.25, 0.3) is 10.0 Å². The molecule has 5 rings (SSSR count). The zero-order chi connectivity index (χ0) is 28.5. The molecular weight excluding hydrogens is 577 g/mol. The largest absolute Gasteiger partial charge is 0.264 e. The van der Waals surface area contributed by atoms with Gasteiger partial charge in [0, 0.05) is 10.9 Å². The molecule has 2 aliphatic rings. The maximum absolute atomic E-state index is 13.7. The number of primary sulfonamides is 1. The van der Waals surface area contributed by atoms with E-state index in [4.69, 9.17) is 21.8 Å². The fraction of sp³-hybridized carbons (Fsp3) is 0.259. The van der Waals surface area contributed by atoms with Crippen LogP contribution in [0.5, 0.6) is 0 Å². The van der Waals surface area contributed by atoms with Crippen LogP contribution in [0.2, 0.25) is 5.02 Å². The molecule has 1 heterocycles. The molecule has 210 valence electrons. The van der Waals surface area contributed by atoms with Crippen LogP contribution < -0.4 is 9.86 Å². The second-order valence-electron chi connectivity index (χ2n) is 9.73. The van der Waals surface area contributed by atoms with Gasteiger partial charge in [-0.2, -0.15) is 5.10 Å². The summed E-state index contributed by atoms with van der Waals surface area (Å²) in [7, 11) is -7.87. The zero-order valence-corrected chi connectivity index (χ0v) is 23.6. The number of sulfonamides is 2. The molecule has 0 radical (unpaired) electrons. The third-order valence-electron chi connectivity index (χ3n) is 6.98. The first-order valence-corrected chi connectivity index (χ1v) is 16.0. The first kappa shape index (κ1) is 28.2. The van der Waals surface area contributed by atoms with E-state index >= 15 is 0 Å². The van der Waals surface area contributed by atoms with E-state index in [9.17, 15) is 21.2 Å². The highest BCUT2D eigenvalue weighted by atomic mass is 35.5. The average Bonchev–Trinajstić information content (AvgIpc) is 3.57. The fourth-order valence-electron chi connectivity index (χ4n) is 4.91. The van der Waals surface area contributed by atoms with E-state index in [1.54, 1.807) is 12.1 Å². The summed E-state index contributed by atoms with van der Waals surface area (Å²) in [5.41, 5.74) is 2.22.